The molecular weight excluding hydrogens is 555 g/mol. The van der Waals surface area contributed by atoms with Gasteiger partial charge in [-0.2, -0.15) is 0 Å². The summed E-state index contributed by atoms with van der Waals surface area (Å²) >= 11 is 18.2. The van der Waals surface area contributed by atoms with E-state index < -0.39 is 11.8 Å². The maximum Gasteiger partial charge on any atom is 0.272 e. The molecule has 0 aliphatic carbocycles. The zero-order chi connectivity index (χ0) is 27.8. The van der Waals surface area contributed by atoms with Gasteiger partial charge >= 0.3 is 0 Å². The number of anilines is 1. The average Bonchev–Trinajstić information content (AvgIpc) is 2.95. The average molecular weight is 576 g/mol. The molecule has 0 aliphatic heterocycles. The minimum Gasteiger partial charge on any atom is -0.321 e. The van der Waals surface area contributed by atoms with Gasteiger partial charge in [0.05, 0.1) is 10.0 Å². The molecule has 0 heterocycles. The first-order valence-corrected chi connectivity index (χ1v) is 12.8. The van der Waals surface area contributed by atoms with Gasteiger partial charge < -0.3 is 10.6 Å². The van der Waals surface area contributed by atoms with Gasteiger partial charge in [-0.1, -0.05) is 77.3 Å². The Morgan fingerprint density at radius 2 is 1.38 bits per heavy atom. The normalized spacial score (nSPS) is 11.3. The topological polar surface area (TPSA) is 75.3 Å². The summed E-state index contributed by atoms with van der Waals surface area (Å²) in [7, 11) is 0. The Kier molecular flexibility index (Phi) is 9.34. The Bertz CT molecular complexity index is 1560. The lowest BCUT2D eigenvalue weighted by atomic mass is 10.1. The van der Waals surface area contributed by atoms with Crippen molar-refractivity contribution >= 4 is 70.2 Å². The molecule has 4 aromatic rings. The molecule has 8 heteroatoms. The van der Waals surface area contributed by atoms with Crippen LogP contribution in [0, 0.1) is 0 Å². The van der Waals surface area contributed by atoms with Crippen molar-refractivity contribution in [2.75, 3.05) is 5.32 Å². The van der Waals surface area contributed by atoms with E-state index in [4.69, 9.17) is 34.8 Å². The smallest absolute Gasteiger partial charge is 0.272 e. The first-order valence-electron chi connectivity index (χ1n) is 11.7. The number of benzene rings is 4. The lowest BCUT2D eigenvalue weighted by Crippen LogP contribution is -2.30. The van der Waals surface area contributed by atoms with E-state index in [1.54, 1.807) is 109 Å². The van der Waals surface area contributed by atoms with Gasteiger partial charge in [-0.15, -0.1) is 0 Å². The fraction of sp³-hybridized carbons (Fsp3) is 0. The third kappa shape index (κ3) is 7.68. The van der Waals surface area contributed by atoms with Gasteiger partial charge in [-0.25, -0.2) is 0 Å². The first kappa shape index (κ1) is 27.9. The summed E-state index contributed by atoms with van der Waals surface area (Å²) < 4.78 is 0. The van der Waals surface area contributed by atoms with Gasteiger partial charge in [0.25, 0.3) is 11.8 Å². The summed E-state index contributed by atoms with van der Waals surface area (Å²) in [5.74, 6) is -1.22. The largest absolute Gasteiger partial charge is 0.321 e. The maximum atomic E-state index is 13.2. The Morgan fingerprint density at radius 1 is 0.692 bits per heavy atom. The van der Waals surface area contributed by atoms with Gasteiger partial charge in [0.15, 0.2) is 5.78 Å². The summed E-state index contributed by atoms with van der Waals surface area (Å²) in [6, 6.07) is 26.9. The molecule has 5 nitrogen and oxygen atoms in total. The van der Waals surface area contributed by atoms with E-state index in [9.17, 15) is 14.4 Å². The Balaban J connectivity index is 1.49. The number of hydrogen-bond acceptors (Lipinski definition) is 3. The number of carbonyl (C=O) groups excluding carboxylic acids is 3. The van der Waals surface area contributed by atoms with Crippen molar-refractivity contribution in [3.05, 3.63) is 146 Å². The molecule has 0 radical (unpaired) electrons. The molecule has 2 N–H and O–H groups in total. The first-order chi connectivity index (χ1) is 18.8. The van der Waals surface area contributed by atoms with Crippen LogP contribution in [0.1, 0.15) is 31.8 Å². The number of halogens is 3. The number of carbonyl (C=O) groups is 3. The Labute approximate surface area is 240 Å². The predicted octanol–water partition coefficient (Wildman–Crippen LogP) is 7.95. The van der Waals surface area contributed by atoms with Crippen LogP contribution in [-0.2, 0) is 4.79 Å². The monoisotopic (exact) mass is 574 g/mol. The SMILES string of the molecule is O=C(Nc1ccc(C(=O)/C=C/c2cccc(Cl)c2Cl)cc1)/C(=C/c1ccc(Cl)cc1)NC(=O)c1ccccc1. The number of nitrogens with one attached hydrogen (secondary N) is 2. The predicted molar refractivity (Wildman–Crippen MR) is 158 cm³/mol. The Morgan fingerprint density at radius 3 is 2.08 bits per heavy atom. The second-order valence-electron chi connectivity index (χ2n) is 8.30. The number of allylic oxidation sites excluding steroid dienone is 1. The quantitative estimate of drug-likeness (QED) is 0.165. The number of rotatable bonds is 8. The van der Waals surface area contributed by atoms with Crippen molar-refractivity contribution in [1.82, 2.24) is 5.32 Å². The van der Waals surface area contributed by atoms with Crippen LogP contribution in [0.3, 0.4) is 0 Å². The van der Waals surface area contributed by atoms with Crippen molar-refractivity contribution in [2.45, 2.75) is 0 Å². The van der Waals surface area contributed by atoms with Crippen molar-refractivity contribution in [2.24, 2.45) is 0 Å². The molecule has 0 unspecified atom stereocenters. The lowest BCUT2D eigenvalue weighted by Gasteiger charge is -2.12. The maximum absolute atomic E-state index is 13.2. The molecule has 4 aromatic carbocycles. The molecule has 0 atom stereocenters. The van der Waals surface area contributed by atoms with E-state index in [-0.39, 0.29) is 11.5 Å². The van der Waals surface area contributed by atoms with Crippen molar-refractivity contribution in [3.63, 3.8) is 0 Å². The summed E-state index contributed by atoms with van der Waals surface area (Å²) in [5.41, 5.74) is 2.59. The number of amides is 2. The van der Waals surface area contributed by atoms with Crippen molar-refractivity contribution in [3.8, 4) is 0 Å². The molecule has 0 aliphatic rings. The second kappa shape index (κ2) is 13.1. The van der Waals surface area contributed by atoms with Crippen LogP contribution < -0.4 is 10.6 Å². The lowest BCUT2D eigenvalue weighted by molar-refractivity contribution is -0.113. The third-order valence-corrected chi connectivity index (χ3v) is 6.62. The van der Waals surface area contributed by atoms with E-state index in [2.05, 4.69) is 10.6 Å². The summed E-state index contributed by atoms with van der Waals surface area (Å²) in [6.07, 6.45) is 4.54. The number of ketones is 1. The molecule has 4 rings (SSSR count). The fourth-order valence-electron chi connectivity index (χ4n) is 3.50. The fourth-order valence-corrected chi connectivity index (χ4v) is 3.99. The highest BCUT2D eigenvalue weighted by Gasteiger charge is 2.15. The molecule has 0 fully saturated rings. The minimum atomic E-state index is -0.538. The summed E-state index contributed by atoms with van der Waals surface area (Å²) in [4.78, 5) is 38.6. The van der Waals surface area contributed by atoms with Crippen LogP contribution in [0.15, 0.2) is 109 Å². The molecule has 0 spiro atoms. The van der Waals surface area contributed by atoms with Crippen LogP contribution in [0.25, 0.3) is 12.2 Å². The molecule has 0 saturated heterocycles. The highest BCUT2D eigenvalue weighted by Crippen LogP contribution is 2.26. The molecule has 0 saturated carbocycles. The summed E-state index contributed by atoms with van der Waals surface area (Å²) in [5, 5.41) is 6.75. The van der Waals surface area contributed by atoms with Gasteiger partial charge in [0.1, 0.15) is 5.70 Å². The molecule has 39 heavy (non-hydrogen) atoms. The van der Waals surface area contributed by atoms with Crippen LogP contribution in [0.2, 0.25) is 15.1 Å². The van der Waals surface area contributed by atoms with Gasteiger partial charge in [0, 0.05) is 21.8 Å². The highest BCUT2D eigenvalue weighted by atomic mass is 35.5. The molecule has 2 amide bonds. The van der Waals surface area contributed by atoms with Gasteiger partial charge in [-0.3, -0.25) is 14.4 Å². The highest BCUT2D eigenvalue weighted by molar-refractivity contribution is 6.43. The van der Waals surface area contributed by atoms with E-state index in [1.807, 2.05) is 0 Å². The third-order valence-electron chi connectivity index (χ3n) is 5.53. The zero-order valence-electron chi connectivity index (χ0n) is 20.3. The van der Waals surface area contributed by atoms with Crippen molar-refractivity contribution < 1.29 is 14.4 Å². The van der Waals surface area contributed by atoms with Crippen LogP contribution in [0.5, 0.6) is 0 Å². The van der Waals surface area contributed by atoms with Crippen LogP contribution in [0.4, 0.5) is 5.69 Å². The molecular formula is C31H21Cl3N2O3. The molecule has 0 aromatic heterocycles. The van der Waals surface area contributed by atoms with Crippen LogP contribution >= 0.6 is 34.8 Å². The van der Waals surface area contributed by atoms with E-state index in [0.29, 0.717) is 43.0 Å². The second-order valence-corrected chi connectivity index (χ2v) is 9.52. The minimum absolute atomic E-state index is 0.0349. The van der Waals surface area contributed by atoms with E-state index in [1.165, 1.54) is 6.08 Å². The van der Waals surface area contributed by atoms with Gasteiger partial charge in [-0.05, 0) is 84.0 Å². The zero-order valence-corrected chi connectivity index (χ0v) is 22.6. The van der Waals surface area contributed by atoms with Crippen LogP contribution in [-0.4, -0.2) is 17.6 Å². The molecule has 194 valence electrons. The van der Waals surface area contributed by atoms with Crippen molar-refractivity contribution in [1.29, 1.82) is 0 Å². The van der Waals surface area contributed by atoms with E-state index in [0.717, 1.165) is 0 Å². The Hall–Kier alpha value is -4.16. The number of hydrogen-bond donors (Lipinski definition) is 2. The van der Waals surface area contributed by atoms with Gasteiger partial charge in [0.2, 0.25) is 0 Å². The van der Waals surface area contributed by atoms with E-state index >= 15 is 0 Å². The molecule has 0 bridgehead atoms. The summed E-state index contributed by atoms with van der Waals surface area (Å²) in [6.45, 7) is 0. The standard InChI is InChI=1S/C31H21Cl3N2O3/c32-24-14-9-20(10-15-24)19-27(36-30(38)23-5-2-1-3-6-23)31(39)35-25-16-11-21(12-17-25)28(37)18-13-22-7-4-8-26(33)29(22)34/h1-19H,(H,35,39)(H,36,38)/b18-13+,27-19-.